The SMILES string of the molecule is C=C[Si](C)(C)O/C=C/C(C)C1CCCC(C(C)C)C1. The van der Waals surface area contributed by atoms with Crippen molar-refractivity contribution in [1.82, 2.24) is 0 Å². The fourth-order valence-corrected chi connectivity index (χ4v) is 3.42. The Kier molecular flexibility index (Phi) is 6.38. The first-order valence-electron chi connectivity index (χ1n) is 7.84. The third-order valence-electron chi connectivity index (χ3n) is 4.69. The van der Waals surface area contributed by atoms with Crippen molar-refractivity contribution in [3.63, 3.8) is 0 Å². The van der Waals surface area contributed by atoms with Crippen LogP contribution in [0.5, 0.6) is 0 Å². The predicted octanol–water partition coefficient (Wildman–Crippen LogP) is 5.55. The molecule has 0 aromatic carbocycles. The summed E-state index contributed by atoms with van der Waals surface area (Å²) in [6, 6.07) is 0. The van der Waals surface area contributed by atoms with Crippen LogP contribution in [0.3, 0.4) is 0 Å². The van der Waals surface area contributed by atoms with Crippen LogP contribution in [0.4, 0.5) is 0 Å². The van der Waals surface area contributed by atoms with Crippen molar-refractivity contribution in [1.29, 1.82) is 0 Å². The molecule has 1 rings (SSSR count). The van der Waals surface area contributed by atoms with E-state index in [9.17, 15) is 0 Å². The van der Waals surface area contributed by atoms with Gasteiger partial charge in [-0.3, -0.25) is 0 Å². The third-order valence-corrected chi connectivity index (χ3v) is 6.41. The van der Waals surface area contributed by atoms with E-state index in [1.54, 1.807) is 0 Å². The van der Waals surface area contributed by atoms with E-state index in [-0.39, 0.29) is 0 Å². The summed E-state index contributed by atoms with van der Waals surface area (Å²) in [5.41, 5.74) is 1.98. The topological polar surface area (TPSA) is 9.23 Å². The van der Waals surface area contributed by atoms with Crippen molar-refractivity contribution < 1.29 is 4.43 Å². The summed E-state index contributed by atoms with van der Waals surface area (Å²) in [4.78, 5) is 0. The molecule has 0 spiro atoms. The Morgan fingerprint density at radius 3 is 2.37 bits per heavy atom. The monoisotopic (exact) mass is 280 g/mol. The van der Waals surface area contributed by atoms with E-state index in [2.05, 4.69) is 46.5 Å². The van der Waals surface area contributed by atoms with Crippen LogP contribution < -0.4 is 0 Å². The summed E-state index contributed by atoms with van der Waals surface area (Å²) >= 11 is 0. The Morgan fingerprint density at radius 2 is 1.79 bits per heavy atom. The lowest BCUT2D eigenvalue weighted by molar-refractivity contribution is 0.187. The van der Waals surface area contributed by atoms with Crippen molar-refractivity contribution in [2.24, 2.45) is 23.7 Å². The molecule has 0 N–H and O–H groups in total. The predicted molar refractivity (Wildman–Crippen MR) is 87.4 cm³/mol. The van der Waals surface area contributed by atoms with Crippen LogP contribution in [0.1, 0.15) is 46.5 Å². The average Bonchev–Trinajstić information content (AvgIpc) is 2.38. The van der Waals surface area contributed by atoms with Gasteiger partial charge in [0.25, 0.3) is 8.32 Å². The fraction of sp³-hybridized carbons (Fsp3) is 0.765. The zero-order valence-corrected chi connectivity index (χ0v) is 14.5. The first-order chi connectivity index (χ1) is 8.85. The molecule has 0 bridgehead atoms. The average molecular weight is 281 g/mol. The highest BCUT2D eigenvalue weighted by Crippen LogP contribution is 2.37. The Labute approximate surface area is 121 Å². The molecule has 0 radical (unpaired) electrons. The Morgan fingerprint density at radius 1 is 1.16 bits per heavy atom. The van der Waals surface area contributed by atoms with E-state index < -0.39 is 8.32 Å². The van der Waals surface area contributed by atoms with Crippen LogP contribution in [0.15, 0.2) is 24.6 Å². The zero-order chi connectivity index (χ0) is 14.5. The molecule has 0 saturated heterocycles. The molecule has 0 heterocycles. The van der Waals surface area contributed by atoms with Gasteiger partial charge < -0.3 is 4.43 Å². The Hall–Kier alpha value is -0.503. The summed E-state index contributed by atoms with van der Waals surface area (Å²) in [7, 11) is -1.65. The Balaban J connectivity index is 2.46. The van der Waals surface area contributed by atoms with Crippen molar-refractivity contribution in [2.45, 2.75) is 59.5 Å². The van der Waals surface area contributed by atoms with Gasteiger partial charge in [-0.1, -0.05) is 39.3 Å². The molecule has 3 unspecified atom stereocenters. The molecule has 19 heavy (non-hydrogen) atoms. The summed E-state index contributed by atoms with van der Waals surface area (Å²) in [6.45, 7) is 15.3. The first kappa shape index (κ1) is 16.6. The number of hydrogen-bond acceptors (Lipinski definition) is 1. The second-order valence-electron chi connectivity index (χ2n) is 7.04. The molecule has 0 aromatic heterocycles. The van der Waals surface area contributed by atoms with E-state index in [0.29, 0.717) is 5.92 Å². The van der Waals surface area contributed by atoms with Crippen LogP contribution in [0, 0.1) is 23.7 Å². The summed E-state index contributed by atoms with van der Waals surface area (Å²) < 4.78 is 5.85. The van der Waals surface area contributed by atoms with Gasteiger partial charge in [-0.25, -0.2) is 0 Å². The van der Waals surface area contributed by atoms with Crippen molar-refractivity contribution in [2.75, 3.05) is 0 Å². The van der Waals surface area contributed by atoms with Crippen LogP contribution in [0.2, 0.25) is 13.1 Å². The smallest absolute Gasteiger partial charge is 0.268 e. The highest BCUT2D eigenvalue weighted by molar-refractivity contribution is 6.76. The van der Waals surface area contributed by atoms with Crippen LogP contribution in [0.25, 0.3) is 0 Å². The van der Waals surface area contributed by atoms with Crippen LogP contribution in [-0.2, 0) is 4.43 Å². The third kappa shape index (κ3) is 5.56. The molecule has 3 atom stereocenters. The summed E-state index contributed by atoms with van der Waals surface area (Å²) in [6.07, 6.45) is 9.82. The van der Waals surface area contributed by atoms with Gasteiger partial charge in [-0.05, 0) is 55.7 Å². The zero-order valence-electron chi connectivity index (χ0n) is 13.5. The molecular weight excluding hydrogens is 248 g/mol. The molecule has 110 valence electrons. The van der Waals surface area contributed by atoms with Crippen LogP contribution >= 0.6 is 0 Å². The molecule has 1 aliphatic rings. The molecule has 2 heteroatoms. The summed E-state index contributed by atoms with van der Waals surface area (Å²) in [5.74, 6) is 3.24. The van der Waals surface area contributed by atoms with Gasteiger partial charge in [0.15, 0.2) is 0 Å². The Bertz CT molecular complexity index is 306. The molecule has 1 saturated carbocycles. The standard InChI is InChI=1S/C17H32OSi/c1-7-19(5,6)18-12-11-15(4)17-10-8-9-16(13-17)14(2)3/h7,11-12,14-17H,1,8-10,13H2,2-6H3/b12-11+. The largest absolute Gasteiger partial charge is 0.546 e. The lowest BCUT2D eigenvalue weighted by atomic mass is 9.72. The van der Waals surface area contributed by atoms with Gasteiger partial charge in [0.05, 0.1) is 6.26 Å². The van der Waals surface area contributed by atoms with E-state index in [4.69, 9.17) is 4.43 Å². The van der Waals surface area contributed by atoms with Gasteiger partial charge in [-0.2, -0.15) is 0 Å². The van der Waals surface area contributed by atoms with E-state index in [1.165, 1.54) is 25.7 Å². The lowest BCUT2D eigenvalue weighted by Gasteiger charge is -2.34. The van der Waals surface area contributed by atoms with E-state index in [1.807, 2.05) is 12.0 Å². The van der Waals surface area contributed by atoms with Crippen molar-refractivity contribution in [3.05, 3.63) is 24.6 Å². The minimum Gasteiger partial charge on any atom is -0.546 e. The maximum atomic E-state index is 5.85. The highest BCUT2D eigenvalue weighted by atomic mass is 28.4. The fourth-order valence-electron chi connectivity index (χ4n) is 2.89. The molecule has 1 nitrogen and oxygen atoms in total. The second-order valence-corrected chi connectivity index (χ2v) is 10.9. The van der Waals surface area contributed by atoms with Crippen molar-refractivity contribution >= 4 is 8.32 Å². The van der Waals surface area contributed by atoms with Gasteiger partial charge in [0.2, 0.25) is 0 Å². The van der Waals surface area contributed by atoms with E-state index in [0.717, 1.165) is 17.8 Å². The van der Waals surface area contributed by atoms with Crippen LogP contribution in [-0.4, -0.2) is 8.32 Å². The first-order valence-corrected chi connectivity index (χ1v) is 10.8. The van der Waals surface area contributed by atoms with Gasteiger partial charge in [0, 0.05) is 0 Å². The molecule has 0 aromatic rings. The number of allylic oxidation sites excluding steroid dienone is 1. The molecule has 0 amide bonds. The maximum Gasteiger partial charge on any atom is 0.268 e. The molecular formula is C17H32OSi. The lowest BCUT2D eigenvalue weighted by Crippen LogP contribution is -2.25. The highest BCUT2D eigenvalue weighted by Gasteiger charge is 2.26. The normalized spacial score (nSPS) is 26.6. The minimum absolute atomic E-state index is 0.635. The molecule has 1 fully saturated rings. The van der Waals surface area contributed by atoms with Gasteiger partial charge in [-0.15, -0.1) is 6.58 Å². The minimum atomic E-state index is -1.65. The van der Waals surface area contributed by atoms with E-state index >= 15 is 0 Å². The molecule has 0 aliphatic heterocycles. The number of rotatable bonds is 6. The quantitative estimate of drug-likeness (QED) is 0.458. The second kappa shape index (κ2) is 7.32. The number of hydrogen-bond donors (Lipinski definition) is 0. The van der Waals surface area contributed by atoms with Crippen molar-refractivity contribution in [3.8, 4) is 0 Å². The van der Waals surface area contributed by atoms with Gasteiger partial charge >= 0.3 is 0 Å². The molecule has 1 aliphatic carbocycles. The summed E-state index contributed by atoms with van der Waals surface area (Å²) in [5, 5.41) is 0. The van der Waals surface area contributed by atoms with Gasteiger partial charge in [0.1, 0.15) is 0 Å². The maximum absolute atomic E-state index is 5.85.